The third-order valence-electron chi connectivity index (χ3n) is 3.65. The molecule has 1 aliphatic rings. The number of halogens is 2. The molecule has 1 aliphatic carbocycles. The highest BCUT2D eigenvalue weighted by Crippen LogP contribution is 2.31. The Labute approximate surface area is 114 Å². The quantitative estimate of drug-likeness (QED) is 0.779. The number of hydrogen-bond acceptors (Lipinski definition) is 1. The summed E-state index contributed by atoms with van der Waals surface area (Å²) in [5.41, 5.74) is 1.05. The maximum atomic E-state index is 6.01. The molecular formula is C14H19Cl2N. The van der Waals surface area contributed by atoms with Crippen LogP contribution in [0.2, 0.25) is 10.0 Å². The van der Waals surface area contributed by atoms with E-state index in [1.807, 2.05) is 12.1 Å². The zero-order chi connectivity index (χ0) is 12.3. The molecule has 1 fully saturated rings. The van der Waals surface area contributed by atoms with Gasteiger partial charge in [0.2, 0.25) is 0 Å². The molecule has 0 amide bonds. The lowest BCUT2D eigenvalue weighted by molar-refractivity contribution is 0.317. The Bertz CT molecular complexity index is 358. The normalized spacial score (nSPS) is 24.6. The van der Waals surface area contributed by atoms with Gasteiger partial charge in [-0.05, 0) is 37.0 Å². The van der Waals surface area contributed by atoms with Crippen LogP contribution in [0.5, 0.6) is 0 Å². The van der Waals surface area contributed by atoms with Crippen molar-refractivity contribution in [1.29, 1.82) is 0 Å². The van der Waals surface area contributed by atoms with Crippen molar-refractivity contribution < 1.29 is 0 Å². The molecule has 0 spiro atoms. The van der Waals surface area contributed by atoms with Crippen LogP contribution in [0.4, 0.5) is 5.69 Å². The SMILES string of the molecule is CCC1CCCCC1Nc1cc(Cl)cc(Cl)c1. The van der Waals surface area contributed by atoms with Crippen LogP contribution in [0.1, 0.15) is 39.0 Å². The molecule has 0 radical (unpaired) electrons. The van der Waals surface area contributed by atoms with Crippen molar-refractivity contribution >= 4 is 28.9 Å². The van der Waals surface area contributed by atoms with Crippen molar-refractivity contribution in [2.24, 2.45) is 5.92 Å². The maximum Gasteiger partial charge on any atom is 0.0441 e. The molecule has 1 saturated carbocycles. The molecule has 94 valence electrons. The molecule has 1 N–H and O–H groups in total. The predicted octanol–water partition coefficient (Wildman–Crippen LogP) is 5.37. The highest BCUT2D eigenvalue weighted by molar-refractivity contribution is 6.35. The Kier molecular flexibility index (Phi) is 4.58. The monoisotopic (exact) mass is 271 g/mol. The number of benzene rings is 1. The molecule has 1 aromatic rings. The summed E-state index contributed by atoms with van der Waals surface area (Å²) in [5, 5.41) is 4.99. The van der Waals surface area contributed by atoms with Gasteiger partial charge in [0.05, 0.1) is 0 Å². The lowest BCUT2D eigenvalue weighted by Crippen LogP contribution is -2.31. The minimum Gasteiger partial charge on any atom is -0.382 e. The van der Waals surface area contributed by atoms with Crippen molar-refractivity contribution in [1.82, 2.24) is 0 Å². The van der Waals surface area contributed by atoms with E-state index in [1.54, 1.807) is 6.07 Å². The van der Waals surface area contributed by atoms with Gasteiger partial charge in [0.25, 0.3) is 0 Å². The van der Waals surface area contributed by atoms with Crippen LogP contribution >= 0.6 is 23.2 Å². The summed E-state index contributed by atoms with van der Waals surface area (Å²) >= 11 is 12.0. The van der Waals surface area contributed by atoms with Crippen LogP contribution in [-0.2, 0) is 0 Å². The van der Waals surface area contributed by atoms with Gasteiger partial charge in [0, 0.05) is 21.8 Å². The fourth-order valence-corrected chi connectivity index (χ4v) is 3.26. The van der Waals surface area contributed by atoms with E-state index < -0.39 is 0 Å². The van der Waals surface area contributed by atoms with Gasteiger partial charge in [-0.25, -0.2) is 0 Å². The average molecular weight is 272 g/mol. The first kappa shape index (κ1) is 13.0. The number of anilines is 1. The van der Waals surface area contributed by atoms with E-state index in [4.69, 9.17) is 23.2 Å². The molecule has 2 atom stereocenters. The number of nitrogens with one attached hydrogen (secondary N) is 1. The van der Waals surface area contributed by atoms with Gasteiger partial charge in [-0.15, -0.1) is 0 Å². The second-order valence-corrected chi connectivity index (χ2v) is 5.73. The maximum absolute atomic E-state index is 6.01. The lowest BCUT2D eigenvalue weighted by atomic mass is 9.83. The van der Waals surface area contributed by atoms with Crippen molar-refractivity contribution in [3.05, 3.63) is 28.2 Å². The van der Waals surface area contributed by atoms with E-state index in [-0.39, 0.29) is 0 Å². The molecule has 1 aromatic carbocycles. The Hall–Kier alpha value is -0.400. The van der Waals surface area contributed by atoms with Crippen LogP contribution in [0.3, 0.4) is 0 Å². The predicted molar refractivity (Wildman–Crippen MR) is 76.1 cm³/mol. The van der Waals surface area contributed by atoms with E-state index in [9.17, 15) is 0 Å². The topological polar surface area (TPSA) is 12.0 Å². The van der Waals surface area contributed by atoms with Gasteiger partial charge in [0.1, 0.15) is 0 Å². The molecule has 0 heterocycles. The third-order valence-corrected chi connectivity index (χ3v) is 4.08. The average Bonchev–Trinajstić information content (AvgIpc) is 2.28. The van der Waals surface area contributed by atoms with Crippen molar-refractivity contribution in [2.45, 2.75) is 45.1 Å². The van der Waals surface area contributed by atoms with Crippen LogP contribution in [0, 0.1) is 5.92 Å². The molecule has 17 heavy (non-hydrogen) atoms. The van der Waals surface area contributed by atoms with Crippen molar-refractivity contribution in [2.75, 3.05) is 5.32 Å². The molecule has 3 heteroatoms. The van der Waals surface area contributed by atoms with Crippen molar-refractivity contribution in [3.63, 3.8) is 0 Å². The Morgan fingerprint density at radius 1 is 1.12 bits per heavy atom. The van der Waals surface area contributed by atoms with Gasteiger partial charge in [-0.1, -0.05) is 49.4 Å². The smallest absolute Gasteiger partial charge is 0.0441 e. The van der Waals surface area contributed by atoms with Crippen LogP contribution < -0.4 is 5.32 Å². The summed E-state index contributed by atoms with van der Waals surface area (Å²) in [7, 11) is 0. The molecule has 1 nitrogen and oxygen atoms in total. The van der Waals surface area contributed by atoms with E-state index in [0.717, 1.165) is 11.6 Å². The zero-order valence-electron chi connectivity index (χ0n) is 10.2. The largest absolute Gasteiger partial charge is 0.382 e. The first-order valence-corrected chi connectivity index (χ1v) is 7.17. The van der Waals surface area contributed by atoms with Gasteiger partial charge in [-0.3, -0.25) is 0 Å². The fourth-order valence-electron chi connectivity index (χ4n) is 2.74. The standard InChI is InChI=1S/C14H19Cl2N/c1-2-10-5-3-4-6-14(10)17-13-8-11(15)7-12(16)9-13/h7-10,14,17H,2-6H2,1H3. The van der Waals surface area contributed by atoms with Crippen LogP contribution in [0.25, 0.3) is 0 Å². The summed E-state index contributed by atoms with van der Waals surface area (Å²) in [6.07, 6.45) is 6.52. The number of rotatable bonds is 3. The Balaban J connectivity index is 2.08. The highest BCUT2D eigenvalue weighted by Gasteiger charge is 2.23. The van der Waals surface area contributed by atoms with Crippen LogP contribution in [0.15, 0.2) is 18.2 Å². The van der Waals surface area contributed by atoms with Gasteiger partial charge < -0.3 is 5.32 Å². The van der Waals surface area contributed by atoms with Gasteiger partial charge in [-0.2, -0.15) is 0 Å². The summed E-state index contributed by atoms with van der Waals surface area (Å²) in [4.78, 5) is 0. The Morgan fingerprint density at radius 3 is 2.41 bits per heavy atom. The second-order valence-electron chi connectivity index (χ2n) is 4.86. The van der Waals surface area contributed by atoms with Crippen LogP contribution in [-0.4, -0.2) is 6.04 Å². The summed E-state index contributed by atoms with van der Waals surface area (Å²) in [5.74, 6) is 0.779. The lowest BCUT2D eigenvalue weighted by Gasteiger charge is -2.32. The van der Waals surface area contributed by atoms with E-state index in [1.165, 1.54) is 32.1 Å². The first-order valence-electron chi connectivity index (χ1n) is 6.41. The van der Waals surface area contributed by atoms with Gasteiger partial charge in [0.15, 0.2) is 0 Å². The molecular weight excluding hydrogens is 253 g/mol. The summed E-state index contributed by atoms with van der Waals surface area (Å²) < 4.78 is 0. The fraction of sp³-hybridized carbons (Fsp3) is 0.571. The molecule has 0 saturated heterocycles. The number of hydrogen-bond donors (Lipinski definition) is 1. The zero-order valence-corrected chi connectivity index (χ0v) is 11.7. The van der Waals surface area contributed by atoms with E-state index in [0.29, 0.717) is 16.1 Å². The van der Waals surface area contributed by atoms with Crippen molar-refractivity contribution in [3.8, 4) is 0 Å². The minimum atomic E-state index is 0.572. The van der Waals surface area contributed by atoms with E-state index in [2.05, 4.69) is 12.2 Å². The highest BCUT2D eigenvalue weighted by atomic mass is 35.5. The minimum absolute atomic E-state index is 0.572. The van der Waals surface area contributed by atoms with E-state index >= 15 is 0 Å². The van der Waals surface area contributed by atoms with Gasteiger partial charge >= 0.3 is 0 Å². The first-order chi connectivity index (χ1) is 8.19. The molecule has 0 bridgehead atoms. The molecule has 0 aromatic heterocycles. The summed E-state index contributed by atoms with van der Waals surface area (Å²) in [6.45, 7) is 2.27. The molecule has 0 aliphatic heterocycles. The Morgan fingerprint density at radius 2 is 1.76 bits per heavy atom. The summed E-state index contributed by atoms with van der Waals surface area (Å²) in [6, 6.07) is 6.25. The molecule has 2 unspecified atom stereocenters. The third kappa shape index (κ3) is 3.53. The molecule has 2 rings (SSSR count). The second kappa shape index (κ2) is 5.97.